The molecule has 148 valence electrons. The molecule has 0 aliphatic carbocycles. The largest absolute Gasteiger partial charge is 0.372 e. The molecule has 2 aromatic rings. The lowest BCUT2D eigenvalue weighted by Gasteiger charge is -2.18. The molecule has 2 heterocycles. The molecule has 2 aliphatic heterocycles. The molecule has 1 N–H and O–H groups in total. The first-order valence-corrected chi connectivity index (χ1v) is 11.3. The van der Waals surface area contributed by atoms with Crippen LogP contribution in [-0.2, 0) is 10.0 Å². The van der Waals surface area contributed by atoms with Gasteiger partial charge in [0.15, 0.2) is 0 Å². The number of amides is 1. The summed E-state index contributed by atoms with van der Waals surface area (Å²) in [6, 6.07) is 13.7. The lowest BCUT2D eigenvalue weighted by Crippen LogP contribution is -2.27. The quantitative estimate of drug-likeness (QED) is 0.837. The molecule has 7 heteroatoms. The summed E-state index contributed by atoms with van der Waals surface area (Å²) in [5.41, 5.74) is 2.03. The molecule has 0 bridgehead atoms. The third kappa shape index (κ3) is 3.99. The lowest BCUT2D eigenvalue weighted by atomic mass is 10.2. The number of anilines is 2. The van der Waals surface area contributed by atoms with Gasteiger partial charge < -0.3 is 9.80 Å². The molecule has 4 rings (SSSR count). The van der Waals surface area contributed by atoms with E-state index in [1.165, 1.54) is 25.0 Å². The van der Waals surface area contributed by atoms with E-state index < -0.39 is 10.0 Å². The average molecular weight is 400 g/mol. The molecule has 0 atom stereocenters. The van der Waals surface area contributed by atoms with E-state index in [0.29, 0.717) is 11.3 Å². The Morgan fingerprint density at radius 2 is 1.50 bits per heavy atom. The normalized spacial score (nSPS) is 17.1. The van der Waals surface area contributed by atoms with Crippen molar-refractivity contribution in [3.05, 3.63) is 54.1 Å². The van der Waals surface area contributed by atoms with Gasteiger partial charge in [-0.1, -0.05) is 6.07 Å². The summed E-state index contributed by atoms with van der Waals surface area (Å²) in [5.74, 6) is -0.107. The van der Waals surface area contributed by atoms with Crippen LogP contribution in [-0.4, -0.2) is 45.4 Å². The Morgan fingerprint density at radius 1 is 0.857 bits per heavy atom. The fourth-order valence-corrected chi connectivity index (χ4v) is 4.93. The SMILES string of the molecule is O=C(c1cccc(S(=O)(=O)Nc2ccc(N3CCCC3)cc2)c1)N1CCCC1. The number of benzene rings is 2. The summed E-state index contributed by atoms with van der Waals surface area (Å²) in [4.78, 5) is 16.7. The third-order valence-corrected chi connectivity index (χ3v) is 6.75. The standard InChI is InChI=1S/C21H25N3O3S/c25-21(24-14-3-4-15-24)17-6-5-7-20(16-17)28(26,27)22-18-8-10-19(11-9-18)23-12-1-2-13-23/h5-11,16,22H,1-4,12-15H2. The molecule has 2 aromatic carbocycles. The van der Waals surface area contributed by atoms with Crippen molar-refractivity contribution < 1.29 is 13.2 Å². The van der Waals surface area contributed by atoms with E-state index in [1.54, 1.807) is 29.2 Å². The molecular formula is C21H25N3O3S. The summed E-state index contributed by atoms with van der Waals surface area (Å²) >= 11 is 0. The minimum Gasteiger partial charge on any atom is -0.372 e. The highest BCUT2D eigenvalue weighted by atomic mass is 32.2. The van der Waals surface area contributed by atoms with E-state index in [4.69, 9.17) is 0 Å². The molecule has 2 saturated heterocycles. The van der Waals surface area contributed by atoms with Gasteiger partial charge in [0, 0.05) is 43.1 Å². The maximum atomic E-state index is 12.8. The predicted octanol–water partition coefficient (Wildman–Crippen LogP) is 3.32. The van der Waals surface area contributed by atoms with Gasteiger partial charge in [0.05, 0.1) is 4.90 Å². The Morgan fingerprint density at radius 3 is 2.18 bits per heavy atom. The number of rotatable bonds is 5. The zero-order valence-corrected chi connectivity index (χ0v) is 16.6. The smallest absolute Gasteiger partial charge is 0.261 e. The molecule has 0 spiro atoms. The first-order chi connectivity index (χ1) is 13.5. The van der Waals surface area contributed by atoms with E-state index in [2.05, 4.69) is 9.62 Å². The molecule has 0 radical (unpaired) electrons. The van der Waals surface area contributed by atoms with Crippen molar-refractivity contribution in [3.8, 4) is 0 Å². The third-order valence-electron chi connectivity index (χ3n) is 5.38. The van der Waals surface area contributed by atoms with Gasteiger partial charge in [-0.05, 0) is 68.1 Å². The molecule has 0 aromatic heterocycles. The topological polar surface area (TPSA) is 69.7 Å². The van der Waals surface area contributed by atoms with Gasteiger partial charge in [0.2, 0.25) is 0 Å². The summed E-state index contributed by atoms with van der Waals surface area (Å²) in [6.45, 7) is 3.56. The predicted molar refractivity (Wildman–Crippen MR) is 110 cm³/mol. The minimum absolute atomic E-state index is 0.0983. The highest BCUT2D eigenvalue weighted by Crippen LogP contribution is 2.24. The van der Waals surface area contributed by atoms with Gasteiger partial charge in [-0.2, -0.15) is 0 Å². The molecule has 2 aliphatic rings. The van der Waals surface area contributed by atoms with E-state index >= 15 is 0 Å². The van der Waals surface area contributed by atoms with Gasteiger partial charge in [-0.3, -0.25) is 9.52 Å². The highest BCUT2D eigenvalue weighted by molar-refractivity contribution is 7.92. The Labute approximate surface area is 166 Å². The minimum atomic E-state index is -3.76. The zero-order valence-electron chi connectivity index (χ0n) is 15.8. The van der Waals surface area contributed by atoms with Crippen LogP contribution in [0.2, 0.25) is 0 Å². The number of likely N-dealkylation sites (tertiary alicyclic amines) is 1. The second-order valence-electron chi connectivity index (χ2n) is 7.37. The Kier molecular flexibility index (Phi) is 5.26. The lowest BCUT2D eigenvalue weighted by molar-refractivity contribution is 0.0792. The van der Waals surface area contributed by atoms with Gasteiger partial charge in [0.1, 0.15) is 0 Å². The second kappa shape index (κ2) is 7.83. The number of hydrogen-bond acceptors (Lipinski definition) is 4. The van der Waals surface area contributed by atoms with Crippen molar-refractivity contribution in [2.45, 2.75) is 30.6 Å². The number of hydrogen-bond donors (Lipinski definition) is 1. The molecule has 28 heavy (non-hydrogen) atoms. The fraction of sp³-hybridized carbons (Fsp3) is 0.381. The van der Waals surface area contributed by atoms with Gasteiger partial charge in [-0.15, -0.1) is 0 Å². The van der Waals surface area contributed by atoms with Gasteiger partial charge >= 0.3 is 0 Å². The Bertz CT molecular complexity index is 945. The van der Waals surface area contributed by atoms with Crippen molar-refractivity contribution in [3.63, 3.8) is 0 Å². The van der Waals surface area contributed by atoms with E-state index in [1.807, 2.05) is 12.1 Å². The molecule has 6 nitrogen and oxygen atoms in total. The van der Waals surface area contributed by atoms with E-state index in [-0.39, 0.29) is 10.8 Å². The van der Waals surface area contributed by atoms with Crippen molar-refractivity contribution >= 4 is 27.3 Å². The highest BCUT2D eigenvalue weighted by Gasteiger charge is 2.22. The summed E-state index contributed by atoms with van der Waals surface area (Å²) < 4.78 is 28.2. The van der Waals surface area contributed by atoms with Crippen LogP contribution in [0.15, 0.2) is 53.4 Å². The number of carbonyl (C=O) groups is 1. The molecular weight excluding hydrogens is 374 g/mol. The van der Waals surface area contributed by atoms with Crippen LogP contribution < -0.4 is 9.62 Å². The second-order valence-corrected chi connectivity index (χ2v) is 9.06. The molecule has 2 fully saturated rings. The number of carbonyl (C=O) groups excluding carboxylic acids is 1. The van der Waals surface area contributed by atoms with Crippen LogP contribution in [0.25, 0.3) is 0 Å². The Balaban J connectivity index is 1.50. The van der Waals surface area contributed by atoms with Crippen LogP contribution >= 0.6 is 0 Å². The molecule has 0 saturated carbocycles. The van der Waals surface area contributed by atoms with Crippen LogP contribution in [0.3, 0.4) is 0 Å². The van der Waals surface area contributed by atoms with Crippen LogP contribution in [0.4, 0.5) is 11.4 Å². The first kappa shape index (κ1) is 18.8. The Hall–Kier alpha value is -2.54. The fourth-order valence-electron chi connectivity index (χ4n) is 3.83. The number of nitrogens with zero attached hydrogens (tertiary/aromatic N) is 2. The van der Waals surface area contributed by atoms with E-state index in [9.17, 15) is 13.2 Å². The molecule has 1 amide bonds. The van der Waals surface area contributed by atoms with E-state index in [0.717, 1.165) is 44.7 Å². The zero-order chi connectivity index (χ0) is 19.6. The molecule has 0 unspecified atom stereocenters. The van der Waals surface area contributed by atoms with Crippen molar-refractivity contribution in [1.82, 2.24) is 4.90 Å². The summed E-state index contributed by atoms with van der Waals surface area (Å²) in [6.07, 6.45) is 4.39. The van der Waals surface area contributed by atoms with Crippen LogP contribution in [0.1, 0.15) is 36.0 Å². The number of sulfonamides is 1. The maximum absolute atomic E-state index is 12.8. The number of nitrogens with one attached hydrogen (secondary N) is 1. The van der Waals surface area contributed by atoms with Gasteiger partial charge in [-0.25, -0.2) is 8.42 Å². The van der Waals surface area contributed by atoms with Crippen molar-refractivity contribution in [2.24, 2.45) is 0 Å². The van der Waals surface area contributed by atoms with Crippen molar-refractivity contribution in [1.29, 1.82) is 0 Å². The summed E-state index contributed by atoms with van der Waals surface area (Å²) in [7, 11) is -3.76. The monoisotopic (exact) mass is 399 g/mol. The van der Waals surface area contributed by atoms with Crippen LogP contribution in [0, 0.1) is 0 Å². The maximum Gasteiger partial charge on any atom is 0.261 e. The van der Waals surface area contributed by atoms with Crippen LogP contribution in [0.5, 0.6) is 0 Å². The van der Waals surface area contributed by atoms with Crippen molar-refractivity contribution in [2.75, 3.05) is 35.8 Å². The average Bonchev–Trinajstić information content (AvgIpc) is 3.42. The first-order valence-electron chi connectivity index (χ1n) is 9.80. The van der Waals surface area contributed by atoms with Gasteiger partial charge in [0.25, 0.3) is 15.9 Å². The summed E-state index contributed by atoms with van der Waals surface area (Å²) in [5, 5.41) is 0.